The van der Waals surface area contributed by atoms with Crippen LogP contribution in [-0.4, -0.2) is 72.2 Å². The lowest BCUT2D eigenvalue weighted by Crippen LogP contribution is -2.60. The summed E-state index contributed by atoms with van der Waals surface area (Å²) in [7, 11) is 1.84. The van der Waals surface area contributed by atoms with Crippen molar-refractivity contribution in [1.29, 1.82) is 0 Å². The Bertz CT molecular complexity index is 1250. The van der Waals surface area contributed by atoms with E-state index in [0.717, 1.165) is 35.9 Å². The number of rotatable bonds is 3. The minimum atomic E-state index is -0.153. The van der Waals surface area contributed by atoms with Crippen molar-refractivity contribution in [3.8, 4) is 0 Å². The van der Waals surface area contributed by atoms with Crippen LogP contribution in [0.3, 0.4) is 0 Å². The van der Waals surface area contributed by atoms with Gasteiger partial charge in [-0.3, -0.25) is 4.79 Å². The van der Waals surface area contributed by atoms with Gasteiger partial charge in [-0.1, -0.05) is 20.8 Å². The summed E-state index contributed by atoms with van der Waals surface area (Å²) in [4.78, 5) is 16.8. The molecule has 0 spiro atoms. The number of fused-ring (bicyclic) bond motifs is 2. The Morgan fingerprint density at radius 1 is 1.10 bits per heavy atom. The van der Waals surface area contributed by atoms with Gasteiger partial charge in [0, 0.05) is 31.1 Å². The number of anilines is 1. The van der Waals surface area contributed by atoms with Crippen LogP contribution < -0.4 is 4.90 Å². The third-order valence-electron chi connectivity index (χ3n) is 5.54. The highest BCUT2D eigenvalue weighted by atomic mass is 16.2. The van der Waals surface area contributed by atoms with Crippen molar-refractivity contribution in [2.24, 2.45) is 0 Å². The molecule has 1 N–H and O–H groups in total. The Hall–Kier alpha value is -3.56. The Morgan fingerprint density at radius 3 is 2.63 bits per heavy atom. The van der Waals surface area contributed by atoms with Gasteiger partial charge < -0.3 is 9.80 Å². The van der Waals surface area contributed by atoms with Crippen LogP contribution in [0.1, 0.15) is 37.0 Å². The number of likely N-dealkylation sites (N-methyl/N-ethyl adjacent to an activating group) is 1. The highest BCUT2D eigenvalue weighted by Crippen LogP contribution is 2.25. The summed E-state index contributed by atoms with van der Waals surface area (Å²) in [6.07, 6.45) is 0. The van der Waals surface area contributed by atoms with E-state index in [2.05, 4.69) is 51.3 Å². The average Bonchev–Trinajstić information content (AvgIpc) is 3.31. The second kappa shape index (κ2) is 6.48. The normalized spacial score (nSPS) is 15.0. The zero-order valence-corrected chi connectivity index (χ0v) is 17.4. The molecule has 5 rings (SSSR count). The van der Waals surface area contributed by atoms with Gasteiger partial charge in [0.2, 0.25) is 0 Å². The molecule has 0 saturated carbocycles. The van der Waals surface area contributed by atoms with Crippen molar-refractivity contribution in [3.63, 3.8) is 0 Å². The first-order valence-corrected chi connectivity index (χ1v) is 9.87. The van der Waals surface area contributed by atoms with Crippen molar-refractivity contribution in [1.82, 2.24) is 40.1 Å². The zero-order chi connectivity index (χ0) is 21.0. The van der Waals surface area contributed by atoms with Gasteiger partial charge in [-0.25, -0.2) is 0 Å². The van der Waals surface area contributed by atoms with Gasteiger partial charge in [0.1, 0.15) is 16.9 Å². The van der Waals surface area contributed by atoms with Crippen LogP contribution in [0, 0.1) is 0 Å². The zero-order valence-electron chi connectivity index (χ0n) is 17.4. The molecule has 10 nitrogen and oxygen atoms in total. The molecule has 1 amide bonds. The van der Waals surface area contributed by atoms with Crippen LogP contribution in [0.5, 0.6) is 0 Å². The smallest absolute Gasteiger partial charge is 0.254 e. The highest BCUT2D eigenvalue weighted by Gasteiger charge is 2.34. The van der Waals surface area contributed by atoms with Crippen molar-refractivity contribution in [2.45, 2.75) is 32.2 Å². The van der Waals surface area contributed by atoms with Gasteiger partial charge in [0.15, 0.2) is 11.5 Å². The number of carbonyl (C=O) groups excluding carboxylic acids is 1. The van der Waals surface area contributed by atoms with E-state index in [1.165, 1.54) is 0 Å². The number of aromatic amines is 1. The third kappa shape index (κ3) is 2.95. The molecule has 0 radical (unpaired) electrons. The van der Waals surface area contributed by atoms with E-state index >= 15 is 0 Å². The lowest BCUT2D eigenvalue weighted by Gasteiger charge is -2.44. The first-order chi connectivity index (χ1) is 14.3. The maximum Gasteiger partial charge on any atom is 0.254 e. The van der Waals surface area contributed by atoms with E-state index < -0.39 is 0 Å². The largest absolute Gasteiger partial charge is 0.351 e. The monoisotopic (exact) mass is 405 g/mol. The molecule has 3 aromatic heterocycles. The summed E-state index contributed by atoms with van der Waals surface area (Å²) in [5.74, 6) is 1.66. The van der Waals surface area contributed by atoms with E-state index in [0.29, 0.717) is 11.1 Å². The fourth-order valence-corrected chi connectivity index (χ4v) is 3.65. The molecule has 1 aliphatic heterocycles. The Labute approximate surface area is 172 Å². The van der Waals surface area contributed by atoms with E-state index in [1.807, 2.05) is 23.7 Å². The molecule has 10 heteroatoms. The van der Waals surface area contributed by atoms with Gasteiger partial charge in [0.05, 0.1) is 6.04 Å². The topological polar surface area (TPSA) is 108 Å². The Balaban J connectivity index is 1.31. The van der Waals surface area contributed by atoms with E-state index in [4.69, 9.17) is 5.10 Å². The number of nitrogens with one attached hydrogen (secondary N) is 1. The number of hydrogen-bond acceptors (Lipinski definition) is 7. The number of H-pyrrole nitrogens is 1. The maximum absolute atomic E-state index is 12.9. The van der Waals surface area contributed by atoms with Gasteiger partial charge in [0.25, 0.3) is 5.91 Å². The third-order valence-corrected chi connectivity index (χ3v) is 5.54. The van der Waals surface area contributed by atoms with Gasteiger partial charge in [-0.15, -0.1) is 15.3 Å². The molecule has 1 fully saturated rings. The van der Waals surface area contributed by atoms with Crippen molar-refractivity contribution >= 4 is 28.4 Å². The molecule has 0 atom stereocenters. The predicted octanol–water partition coefficient (Wildman–Crippen LogP) is 1.65. The molecule has 0 aliphatic carbocycles. The number of nitrogens with zero attached hydrogens (tertiary/aromatic N) is 8. The summed E-state index contributed by atoms with van der Waals surface area (Å²) in [6, 6.07) is 9.36. The highest BCUT2D eigenvalue weighted by molar-refractivity contribution is 5.97. The molecule has 1 saturated heterocycles. The van der Waals surface area contributed by atoms with Crippen LogP contribution in [0.4, 0.5) is 5.82 Å². The Kier molecular flexibility index (Phi) is 3.99. The number of amides is 1. The van der Waals surface area contributed by atoms with E-state index in [-0.39, 0.29) is 17.4 Å². The Morgan fingerprint density at radius 2 is 1.87 bits per heavy atom. The molecule has 4 heterocycles. The second-order valence-electron chi connectivity index (χ2n) is 8.74. The SMILES string of the molecule is CN(C(=O)c1ccc2n[nH]nc2c1)C1CN(c2ccc3nnc(C(C)(C)C)n3n2)C1. The number of benzene rings is 1. The van der Waals surface area contributed by atoms with Gasteiger partial charge in [-0.05, 0) is 30.3 Å². The number of carbonyl (C=O) groups is 1. The maximum atomic E-state index is 12.9. The van der Waals surface area contributed by atoms with Crippen LogP contribution in [0.15, 0.2) is 30.3 Å². The minimum absolute atomic E-state index is 0.0261. The van der Waals surface area contributed by atoms with Crippen LogP contribution in [0.2, 0.25) is 0 Å². The van der Waals surface area contributed by atoms with Crippen molar-refractivity contribution in [3.05, 3.63) is 41.7 Å². The first-order valence-electron chi connectivity index (χ1n) is 9.87. The van der Waals surface area contributed by atoms with E-state index in [1.54, 1.807) is 23.1 Å². The summed E-state index contributed by atoms with van der Waals surface area (Å²) >= 11 is 0. The summed E-state index contributed by atoms with van der Waals surface area (Å²) in [5.41, 5.74) is 2.62. The molecule has 1 aliphatic rings. The molecule has 0 bridgehead atoms. The fraction of sp³-hybridized carbons (Fsp3) is 0.400. The average molecular weight is 405 g/mol. The fourth-order valence-electron chi connectivity index (χ4n) is 3.65. The minimum Gasteiger partial charge on any atom is -0.351 e. The second-order valence-corrected chi connectivity index (χ2v) is 8.74. The quantitative estimate of drug-likeness (QED) is 0.552. The van der Waals surface area contributed by atoms with Crippen LogP contribution in [-0.2, 0) is 5.41 Å². The molecule has 154 valence electrons. The van der Waals surface area contributed by atoms with Crippen LogP contribution in [0.25, 0.3) is 16.7 Å². The van der Waals surface area contributed by atoms with Gasteiger partial charge >= 0.3 is 0 Å². The van der Waals surface area contributed by atoms with Crippen LogP contribution >= 0.6 is 0 Å². The molecular formula is C20H23N9O. The standard InChI is InChI=1S/C20H23N9O/c1-20(2,3)19-24-23-16-7-8-17(25-29(16)19)28-10-13(11-28)27(4)18(30)12-5-6-14-15(9-12)22-26-21-14/h5-9,13H,10-11H2,1-4H3,(H,21,22,26). The van der Waals surface area contributed by atoms with Gasteiger partial charge in [-0.2, -0.15) is 19.9 Å². The summed E-state index contributed by atoms with van der Waals surface area (Å²) in [5, 5.41) is 23.9. The van der Waals surface area contributed by atoms with Crippen molar-refractivity contribution < 1.29 is 4.79 Å². The molecule has 1 aromatic carbocycles. The van der Waals surface area contributed by atoms with E-state index in [9.17, 15) is 4.79 Å². The number of hydrogen-bond donors (Lipinski definition) is 1. The molecule has 0 unspecified atom stereocenters. The first kappa shape index (κ1) is 18.5. The predicted molar refractivity (Wildman–Crippen MR) is 111 cm³/mol. The molecule has 30 heavy (non-hydrogen) atoms. The summed E-state index contributed by atoms with van der Waals surface area (Å²) < 4.78 is 1.81. The van der Waals surface area contributed by atoms with Crippen molar-refractivity contribution in [2.75, 3.05) is 25.0 Å². The lowest BCUT2D eigenvalue weighted by atomic mass is 9.96. The molecule has 4 aromatic rings. The lowest BCUT2D eigenvalue weighted by molar-refractivity contribution is 0.0705. The molecular weight excluding hydrogens is 382 g/mol. The number of aromatic nitrogens is 7. The summed E-state index contributed by atoms with van der Waals surface area (Å²) in [6.45, 7) is 7.72.